The molecule has 0 saturated carbocycles. The molecule has 0 aromatic carbocycles. The molecule has 0 aliphatic carbocycles. The van der Waals surface area contributed by atoms with Crippen molar-refractivity contribution in [1.29, 1.82) is 0 Å². The van der Waals surface area contributed by atoms with Gasteiger partial charge in [-0.25, -0.2) is 4.98 Å². The van der Waals surface area contributed by atoms with Crippen LogP contribution in [0.1, 0.15) is 27.7 Å². The summed E-state index contributed by atoms with van der Waals surface area (Å²) >= 11 is 6.06. The summed E-state index contributed by atoms with van der Waals surface area (Å²) in [5, 5.41) is 20.3. The number of hydrogen-bond donors (Lipinski definition) is 2. The summed E-state index contributed by atoms with van der Waals surface area (Å²) in [7, 11) is 0.150. The van der Waals surface area contributed by atoms with Crippen LogP contribution in [0, 0.1) is 0 Å². The number of methoxy groups -OCH3 is 1. The molecule has 0 bridgehead atoms. The minimum atomic E-state index is -1.29. The van der Waals surface area contributed by atoms with Crippen molar-refractivity contribution in [3.05, 3.63) is 17.3 Å². The molecule has 0 radical (unpaired) electrons. The van der Waals surface area contributed by atoms with Crippen LogP contribution < -0.4 is 10.2 Å². The summed E-state index contributed by atoms with van der Waals surface area (Å²) < 4.78 is 10.5. The Labute approximate surface area is 118 Å². The van der Waals surface area contributed by atoms with Gasteiger partial charge in [0.2, 0.25) is 5.88 Å². The first-order chi connectivity index (χ1) is 8.60. The van der Waals surface area contributed by atoms with Crippen LogP contribution in [0.5, 0.6) is 5.88 Å². The smallest absolute Gasteiger partial charge is 0.480 e. The zero-order valence-electron chi connectivity index (χ0n) is 11.8. The highest BCUT2D eigenvalue weighted by molar-refractivity contribution is 6.64. The third kappa shape index (κ3) is 3.60. The first-order valence-electron chi connectivity index (χ1n) is 5.87. The number of pyridine rings is 1. The van der Waals surface area contributed by atoms with Gasteiger partial charge < -0.3 is 19.5 Å². The Bertz CT molecular complexity index is 448. The molecule has 5 nitrogen and oxygen atoms in total. The van der Waals surface area contributed by atoms with E-state index in [1.807, 2.05) is 0 Å². The molecule has 1 aromatic rings. The van der Waals surface area contributed by atoms with Gasteiger partial charge in [0, 0.05) is 11.7 Å². The summed E-state index contributed by atoms with van der Waals surface area (Å²) in [5.41, 5.74) is -1.75. The van der Waals surface area contributed by atoms with Crippen LogP contribution in [0.15, 0.2) is 12.3 Å². The summed E-state index contributed by atoms with van der Waals surface area (Å²) in [6.07, 6.45) is 1.46. The number of hydrogen-bond acceptors (Lipinski definition) is 5. The van der Waals surface area contributed by atoms with Crippen molar-refractivity contribution in [3.8, 4) is 5.88 Å². The second-order valence-corrected chi connectivity index (χ2v) is 5.64. The van der Waals surface area contributed by atoms with Crippen LogP contribution in [-0.4, -0.2) is 40.5 Å². The van der Waals surface area contributed by atoms with E-state index in [4.69, 9.17) is 21.0 Å². The van der Waals surface area contributed by atoms with Crippen molar-refractivity contribution >= 4 is 24.2 Å². The molecule has 0 saturated heterocycles. The van der Waals surface area contributed by atoms with Crippen LogP contribution in [-0.2, 0) is 4.65 Å². The van der Waals surface area contributed by atoms with Gasteiger partial charge in [0.25, 0.3) is 0 Å². The summed E-state index contributed by atoms with van der Waals surface area (Å²) in [5.74, 6) is 0.211. The first-order valence-corrected chi connectivity index (χ1v) is 6.24. The zero-order valence-corrected chi connectivity index (χ0v) is 12.5. The standard InChI is InChI=1S/C12H19BClNO4/c1-11(2,16)12(3,4)19-13(17)8-6-7-15-10(18-5)9(8)14/h6-7,16-17H,1-5H3. The van der Waals surface area contributed by atoms with E-state index in [1.165, 1.54) is 19.4 Å². The van der Waals surface area contributed by atoms with Gasteiger partial charge >= 0.3 is 7.12 Å². The van der Waals surface area contributed by atoms with Gasteiger partial charge in [0.15, 0.2) is 0 Å². The van der Waals surface area contributed by atoms with E-state index < -0.39 is 18.3 Å². The van der Waals surface area contributed by atoms with Crippen LogP contribution in [0.25, 0.3) is 0 Å². The van der Waals surface area contributed by atoms with Gasteiger partial charge in [0.05, 0.1) is 18.3 Å². The summed E-state index contributed by atoms with van der Waals surface area (Å²) in [6.45, 7) is 6.58. The molecule has 0 aliphatic rings. The SMILES string of the molecule is COc1nccc(B(O)OC(C)(C)C(C)(C)O)c1Cl. The fourth-order valence-corrected chi connectivity index (χ4v) is 1.54. The maximum absolute atomic E-state index is 10.1. The van der Waals surface area contributed by atoms with Crippen LogP contribution in [0.3, 0.4) is 0 Å². The minimum absolute atomic E-state index is 0.184. The lowest BCUT2D eigenvalue weighted by molar-refractivity contribution is -0.0982. The van der Waals surface area contributed by atoms with E-state index in [1.54, 1.807) is 27.7 Å². The summed E-state index contributed by atoms with van der Waals surface area (Å²) in [6, 6.07) is 1.54. The monoisotopic (exact) mass is 287 g/mol. The molecule has 106 valence electrons. The van der Waals surface area contributed by atoms with Crippen molar-refractivity contribution in [2.45, 2.75) is 38.9 Å². The highest BCUT2D eigenvalue weighted by Crippen LogP contribution is 2.26. The number of halogens is 1. The zero-order chi connectivity index (χ0) is 14.8. The molecule has 0 spiro atoms. The lowest BCUT2D eigenvalue weighted by atomic mass is 9.77. The largest absolute Gasteiger partial charge is 0.493 e. The van der Waals surface area contributed by atoms with Gasteiger partial charge in [0.1, 0.15) is 5.02 Å². The fraction of sp³-hybridized carbons (Fsp3) is 0.583. The van der Waals surface area contributed by atoms with E-state index in [0.29, 0.717) is 5.46 Å². The van der Waals surface area contributed by atoms with Gasteiger partial charge in [-0.05, 0) is 33.8 Å². The lowest BCUT2D eigenvalue weighted by Gasteiger charge is -2.38. The average Bonchev–Trinajstić information content (AvgIpc) is 2.27. The van der Waals surface area contributed by atoms with Crippen LogP contribution >= 0.6 is 11.6 Å². The molecular weight excluding hydrogens is 268 g/mol. The number of aromatic nitrogens is 1. The van der Waals surface area contributed by atoms with Crippen molar-refractivity contribution < 1.29 is 19.5 Å². The van der Waals surface area contributed by atoms with Gasteiger partial charge in [-0.1, -0.05) is 11.6 Å². The molecule has 0 aliphatic heterocycles. The number of ether oxygens (including phenoxy) is 1. The Hall–Kier alpha value is -0.815. The Kier molecular flexibility index (Phi) is 4.84. The lowest BCUT2D eigenvalue weighted by Crippen LogP contribution is -2.53. The molecule has 0 atom stereocenters. The molecule has 2 N–H and O–H groups in total. The molecule has 0 unspecified atom stereocenters. The highest BCUT2D eigenvalue weighted by atomic mass is 35.5. The summed E-state index contributed by atoms with van der Waals surface area (Å²) in [4.78, 5) is 3.91. The molecular formula is C12H19BClNO4. The Morgan fingerprint density at radius 3 is 2.37 bits per heavy atom. The molecule has 0 fully saturated rings. The van der Waals surface area contributed by atoms with E-state index >= 15 is 0 Å². The average molecular weight is 288 g/mol. The second-order valence-electron chi connectivity index (χ2n) is 5.26. The number of nitrogens with zero attached hydrogens (tertiary/aromatic N) is 1. The van der Waals surface area contributed by atoms with E-state index in [-0.39, 0.29) is 10.9 Å². The van der Waals surface area contributed by atoms with Gasteiger partial charge in [-0.15, -0.1) is 0 Å². The van der Waals surface area contributed by atoms with E-state index in [0.717, 1.165) is 0 Å². The second kappa shape index (κ2) is 5.67. The van der Waals surface area contributed by atoms with Gasteiger partial charge in [-0.3, -0.25) is 0 Å². The predicted molar refractivity (Wildman–Crippen MR) is 74.9 cm³/mol. The molecule has 7 heteroatoms. The van der Waals surface area contributed by atoms with E-state index in [9.17, 15) is 10.1 Å². The molecule has 1 heterocycles. The Morgan fingerprint density at radius 2 is 1.89 bits per heavy atom. The normalized spacial score (nSPS) is 12.4. The van der Waals surface area contributed by atoms with Gasteiger partial charge in [-0.2, -0.15) is 0 Å². The maximum Gasteiger partial charge on any atom is 0.493 e. The number of rotatable bonds is 5. The van der Waals surface area contributed by atoms with Crippen molar-refractivity contribution in [1.82, 2.24) is 4.98 Å². The first kappa shape index (κ1) is 16.2. The quantitative estimate of drug-likeness (QED) is 0.791. The van der Waals surface area contributed by atoms with Crippen molar-refractivity contribution in [2.24, 2.45) is 0 Å². The topological polar surface area (TPSA) is 71.8 Å². The Morgan fingerprint density at radius 1 is 1.32 bits per heavy atom. The number of aliphatic hydroxyl groups is 1. The molecule has 0 amide bonds. The third-order valence-electron chi connectivity index (χ3n) is 3.23. The molecule has 1 rings (SSSR count). The van der Waals surface area contributed by atoms with Crippen molar-refractivity contribution in [2.75, 3.05) is 7.11 Å². The molecule has 1 aromatic heterocycles. The third-order valence-corrected chi connectivity index (χ3v) is 3.61. The minimum Gasteiger partial charge on any atom is -0.480 e. The van der Waals surface area contributed by atoms with E-state index in [2.05, 4.69) is 4.98 Å². The van der Waals surface area contributed by atoms with Crippen molar-refractivity contribution in [3.63, 3.8) is 0 Å². The van der Waals surface area contributed by atoms with Crippen LogP contribution in [0.4, 0.5) is 0 Å². The molecule has 19 heavy (non-hydrogen) atoms. The fourth-order valence-electron chi connectivity index (χ4n) is 1.26. The maximum atomic E-state index is 10.1. The van der Waals surface area contributed by atoms with Crippen LogP contribution in [0.2, 0.25) is 5.02 Å². The Balaban J connectivity index is 2.99. The highest BCUT2D eigenvalue weighted by Gasteiger charge is 2.40. The predicted octanol–water partition coefficient (Wildman–Crippen LogP) is 0.997.